The van der Waals surface area contributed by atoms with Crippen molar-refractivity contribution in [2.45, 2.75) is 25.3 Å². The Labute approximate surface area is 148 Å². The Bertz CT molecular complexity index is 502. The molecule has 3 heterocycles. The Morgan fingerprint density at radius 3 is 2.96 bits per heavy atom. The maximum Gasteiger partial charge on any atom is 0.223 e. The van der Waals surface area contributed by atoms with Gasteiger partial charge in [-0.1, -0.05) is 6.07 Å². The number of ether oxygens (including phenoxy) is 1. The molecule has 0 aliphatic carbocycles. The molecule has 6 heteroatoms. The van der Waals surface area contributed by atoms with Crippen LogP contribution in [0, 0.1) is 0 Å². The summed E-state index contributed by atoms with van der Waals surface area (Å²) >= 11 is 1.96. The van der Waals surface area contributed by atoms with E-state index in [-0.39, 0.29) is 5.91 Å². The third kappa shape index (κ3) is 5.19. The highest BCUT2D eigenvalue weighted by molar-refractivity contribution is 7.99. The molecule has 2 aliphatic rings. The summed E-state index contributed by atoms with van der Waals surface area (Å²) in [6.07, 6.45) is 4.21. The lowest BCUT2D eigenvalue weighted by atomic mass is 10.1. The van der Waals surface area contributed by atoms with E-state index in [1.54, 1.807) is 6.20 Å². The molecule has 0 aromatic carbocycles. The summed E-state index contributed by atoms with van der Waals surface area (Å²) in [5.74, 6) is 2.53. The second-order valence-corrected chi connectivity index (χ2v) is 7.53. The van der Waals surface area contributed by atoms with Crippen LogP contribution in [0.1, 0.15) is 18.5 Å². The van der Waals surface area contributed by atoms with Gasteiger partial charge < -0.3 is 9.64 Å². The fourth-order valence-electron chi connectivity index (χ4n) is 3.28. The van der Waals surface area contributed by atoms with E-state index >= 15 is 0 Å². The van der Waals surface area contributed by atoms with Gasteiger partial charge in [0.25, 0.3) is 0 Å². The molecule has 0 radical (unpaired) electrons. The topological polar surface area (TPSA) is 45.7 Å². The first-order valence-electron chi connectivity index (χ1n) is 8.90. The maximum atomic E-state index is 12.8. The predicted octanol–water partition coefficient (Wildman–Crippen LogP) is 1.68. The summed E-state index contributed by atoms with van der Waals surface area (Å²) in [6, 6.07) is 6.30. The third-order valence-corrected chi connectivity index (χ3v) is 5.89. The van der Waals surface area contributed by atoms with Gasteiger partial charge in [-0.05, 0) is 30.7 Å². The number of carbonyl (C=O) groups excluding carboxylic acids is 1. The summed E-state index contributed by atoms with van der Waals surface area (Å²) in [4.78, 5) is 21.7. The van der Waals surface area contributed by atoms with Crippen LogP contribution in [0.3, 0.4) is 0 Å². The summed E-state index contributed by atoms with van der Waals surface area (Å²) in [5, 5.41) is 0. The molecule has 2 saturated heterocycles. The quantitative estimate of drug-likeness (QED) is 0.749. The first-order chi connectivity index (χ1) is 11.8. The molecule has 24 heavy (non-hydrogen) atoms. The van der Waals surface area contributed by atoms with Gasteiger partial charge in [-0.2, -0.15) is 11.8 Å². The molecule has 1 aromatic rings. The van der Waals surface area contributed by atoms with Gasteiger partial charge >= 0.3 is 0 Å². The minimum absolute atomic E-state index is 0.279. The average molecular weight is 350 g/mol. The van der Waals surface area contributed by atoms with Gasteiger partial charge in [0.1, 0.15) is 0 Å². The van der Waals surface area contributed by atoms with Crippen molar-refractivity contribution < 1.29 is 9.53 Å². The van der Waals surface area contributed by atoms with Crippen LogP contribution in [0.25, 0.3) is 0 Å². The van der Waals surface area contributed by atoms with Crippen molar-refractivity contribution in [2.24, 2.45) is 0 Å². The molecular formula is C18H27N3O2S. The monoisotopic (exact) mass is 349 g/mol. The van der Waals surface area contributed by atoms with Gasteiger partial charge in [0.05, 0.1) is 13.2 Å². The second-order valence-electron chi connectivity index (χ2n) is 6.38. The fourth-order valence-corrected chi connectivity index (χ4v) is 4.50. The van der Waals surface area contributed by atoms with Crippen LogP contribution in [0.5, 0.6) is 0 Å². The van der Waals surface area contributed by atoms with Crippen molar-refractivity contribution in [1.29, 1.82) is 0 Å². The Hall–Kier alpha value is -1.11. The lowest BCUT2D eigenvalue weighted by molar-refractivity contribution is -0.133. The summed E-state index contributed by atoms with van der Waals surface area (Å²) in [5.41, 5.74) is 1.000. The Kier molecular flexibility index (Phi) is 6.93. The average Bonchev–Trinajstić information content (AvgIpc) is 3.16. The zero-order valence-corrected chi connectivity index (χ0v) is 15.0. The lowest BCUT2D eigenvalue weighted by Crippen LogP contribution is -2.47. The number of rotatable bonds is 7. The van der Waals surface area contributed by atoms with Crippen molar-refractivity contribution in [3.05, 3.63) is 30.1 Å². The van der Waals surface area contributed by atoms with Gasteiger partial charge in [0, 0.05) is 56.3 Å². The fraction of sp³-hybridized carbons (Fsp3) is 0.667. The van der Waals surface area contributed by atoms with Crippen molar-refractivity contribution in [3.63, 3.8) is 0 Å². The number of amides is 1. The zero-order chi connectivity index (χ0) is 16.6. The zero-order valence-electron chi connectivity index (χ0n) is 14.2. The number of hydrogen-bond acceptors (Lipinski definition) is 5. The van der Waals surface area contributed by atoms with Crippen LogP contribution in [-0.2, 0) is 16.0 Å². The third-order valence-electron chi connectivity index (χ3n) is 4.75. The highest BCUT2D eigenvalue weighted by atomic mass is 32.2. The van der Waals surface area contributed by atoms with Crippen LogP contribution >= 0.6 is 11.8 Å². The van der Waals surface area contributed by atoms with E-state index in [2.05, 4.69) is 14.8 Å². The van der Waals surface area contributed by atoms with E-state index in [0.717, 1.165) is 63.7 Å². The molecule has 2 fully saturated rings. The first kappa shape index (κ1) is 17.7. The normalized spacial score (nSPS) is 21.8. The van der Waals surface area contributed by atoms with Crippen LogP contribution in [-0.4, -0.2) is 77.6 Å². The van der Waals surface area contributed by atoms with Crippen LogP contribution in [0.15, 0.2) is 24.4 Å². The smallest absolute Gasteiger partial charge is 0.223 e. The van der Waals surface area contributed by atoms with Gasteiger partial charge in [-0.3, -0.25) is 14.7 Å². The number of carbonyl (C=O) groups is 1. The van der Waals surface area contributed by atoms with Crippen LogP contribution in [0.4, 0.5) is 0 Å². The van der Waals surface area contributed by atoms with E-state index in [9.17, 15) is 4.79 Å². The summed E-state index contributed by atoms with van der Waals surface area (Å²) in [6.45, 7) is 5.39. The molecule has 0 spiro atoms. The molecule has 132 valence electrons. The molecule has 1 unspecified atom stereocenters. The van der Waals surface area contributed by atoms with Gasteiger partial charge in [0.15, 0.2) is 0 Å². The molecule has 1 atom stereocenters. The Balaban J connectivity index is 1.53. The SMILES string of the molecule is O=C(CCc1ccccn1)N(CCN1CCOCC1)C1CCSC1. The van der Waals surface area contributed by atoms with E-state index in [1.807, 2.05) is 30.0 Å². The predicted molar refractivity (Wildman–Crippen MR) is 97.3 cm³/mol. The van der Waals surface area contributed by atoms with Gasteiger partial charge in [0.2, 0.25) is 5.91 Å². The Morgan fingerprint density at radius 1 is 1.38 bits per heavy atom. The number of morpholine rings is 1. The van der Waals surface area contributed by atoms with E-state index < -0.39 is 0 Å². The second kappa shape index (κ2) is 9.39. The molecule has 2 aliphatic heterocycles. The highest BCUT2D eigenvalue weighted by Crippen LogP contribution is 2.23. The minimum atomic E-state index is 0.279. The molecule has 1 aromatic heterocycles. The maximum absolute atomic E-state index is 12.8. The number of nitrogens with zero attached hydrogens (tertiary/aromatic N) is 3. The van der Waals surface area contributed by atoms with E-state index in [0.29, 0.717) is 12.5 Å². The standard InChI is InChI=1S/C18H27N3O2S/c22-18(5-4-16-3-1-2-7-19-16)21(17-6-14-24-15-17)9-8-20-10-12-23-13-11-20/h1-3,7,17H,4-6,8-15H2. The molecular weight excluding hydrogens is 322 g/mol. The van der Waals surface area contributed by atoms with Crippen LogP contribution in [0.2, 0.25) is 0 Å². The van der Waals surface area contributed by atoms with Crippen LogP contribution < -0.4 is 0 Å². The minimum Gasteiger partial charge on any atom is -0.379 e. The first-order valence-corrected chi connectivity index (χ1v) is 10.1. The summed E-state index contributed by atoms with van der Waals surface area (Å²) in [7, 11) is 0. The number of thioether (sulfide) groups is 1. The number of aromatic nitrogens is 1. The van der Waals surface area contributed by atoms with Gasteiger partial charge in [-0.25, -0.2) is 0 Å². The van der Waals surface area contributed by atoms with Gasteiger partial charge in [-0.15, -0.1) is 0 Å². The molecule has 1 amide bonds. The van der Waals surface area contributed by atoms with Crippen molar-refractivity contribution in [2.75, 3.05) is 50.9 Å². The Morgan fingerprint density at radius 2 is 2.25 bits per heavy atom. The van der Waals surface area contributed by atoms with Crippen molar-refractivity contribution >= 4 is 17.7 Å². The van der Waals surface area contributed by atoms with Crippen molar-refractivity contribution in [1.82, 2.24) is 14.8 Å². The highest BCUT2D eigenvalue weighted by Gasteiger charge is 2.27. The van der Waals surface area contributed by atoms with E-state index in [4.69, 9.17) is 4.74 Å². The molecule has 3 rings (SSSR count). The molecule has 0 saturated carbocycles. The molecule has 5 nitrogen and oxygen atoms in total. The lowest BCUT2D eigenvalue weighted by Gasteiger charge is -2.33. The molecule has 0 N–H and O–H groups in total. The molecule has 0 bridgehead atoms. The number of hydrogen-bond donors (Lipinski definition) is 0. The number of pyridine rings is 1. The van der Waals surface area contributed by atoms with Crippen molar-refractivity contribution in [3.8, 4) is 0 Å². The largest absolute Gasteiger partial charge is 0.379 e. The summed E-state index contributed by atoms with van der Waals surface area (Å²) < 4.78 is 5.41. The van der Waals surface area contributed by atoms with E-state index in [1.165, 1.54) is 5.75 Å². The number of aryl methyl sites for hydroxylation is 1.